The molecule has 3 N–H and O–H groups in total. The Morgan fingerprint density at radius 1 is 0.918 bits per heavy atom. The second-order valence-corrected chi connectivity index (χ2v) is 11.6. The molecule has 13 heteroatoms. The monoisotopic (exact) mass is 730 g/mol. The fraction of sp³-hybridized carbons (Fsp3) is 0.222. The predicted molar refractivity (Wildman–Crippen MR) is 187 cm³/mol. The number of ether oxygens (including phenoxy) is 5. The lowest BCUT2D eigenvalue weighted by Gasteiger charge is -2.28. The summed E-state index contributed by atoms with van der Waals surface area (Å²) in [5.74, 6) is 0.537. The van der Waals surface area contributed by atoms with Gasteiger partial charge in [-0.05, 0) is 82.0 Å². The number of amides is 3. The first-order valence-electron chi connectivity index (χ1n) is 15.3. The minimum Gasteiger partial charge on any atom is -0.493 e. The Morgan fingerprint density at radius 2 is 1.67 bits per heavy atom. The summed E-state index contributed by atoms with van der Waals surface area (Å²) in [5.41, 5.74) is 5.31. The summed E-state index contributed by atoms with van der Waals surface area (Å²) in [6.45, 7) is 3.49. The molecule has 1 aliphatic heterocycles. The lowest BCUT2D eigenvalue weighted by molar-refractivity contribution is -0.139. The van der Waals surface area contributed by atoms with Crippen LogP contribution in [0.15, 0.2) is 93.6 Å². The second-order valence-electron chi connectivity index (χ2n) is 10.8. The number of urea groups is 1. The third kappa shape index (κ3) is 8.49. The van der Waals surface area contributed by atoms with Crippen LogP contribution in [0.2, 0.25) is 0 Å². The van der Waals surface area contributed by atoms with Crippen LogP contribution in [0.3, 0.4) is 0 Å². The van der Waals surface area contributed by atoms with Gasteiger partial charge in [0.2, 0.25) is 0 Å². The van der Waals surface area contributed by atoms with Crippen LogP contribution in [0.4, 0.5) is 4.79 Å². The summed E-state index contributed by atoms with van der Waals surface area (Å²) < 4.78 is 28.7. The highest BCUT2D eigenvalue weighted by Crippen LogP contribution is 2.35. The minimum absolute atomic E-state index is 0.179. The zero-order chi connectivity index (χ0) is 34.9. The maximum atomic E-state index is 12.7. The van der Waals surface area contributed by atoms with Crippen molar-refractivity contribution in [1.82, 2.24) is 16.1 Å². The van der Waals surface area contributed by atoms with E-state index in [4.69, 9.17) is 23.7 Å². The van der Waals surface area contributed by atoms with E-state index < -0.39 is 23.9 Å². The molecule has 0 radical (unpaired) electrons. The summed E-state index contributed by atoms with van der Waals surface area (Å²) in [5, 5.41) is 11.7. The van der Waals surface area contributed by atoms with Crippen LogP contribution >= 0.6 is 15.9 Å². The molecule has 3 amide bonds. The standard InChI is InChI=1S/C36H35BrN4O8/c1-5-47-35(43)33-21(2)39-36(44)40-34(33)25-12-13-28(29(15-25)45-3)49-20-32(42)41-38-18-26-16-30(46-4)31(17-27(26)37)48-19-22-10-11-23-8-6-7-9-24(23)14-22/h6-18,34H,5,19-20H2,1-4H3,(H,41,42)(H2,39,40,44)/b38-18-/t34-/m1/s1. The molecule has 1 aliphatic rings. The van der Waals surface area contributed by atoms with Gasteiger partial charge in [0.15, 0.2) is 29.6 Å². The molecule has 0 aliphatic carbocycles. The molecule has 0 saturated carbocycles. The lowest BCUT2D eigenvalue weighted by Crippen LogP contribution is -2.45. The average Bonchev–Trinajstić information content (AvgIpc) is 3.10. The Morgan fingerprint density at radius 3 is 2.43 bits per heavy atom. The molecule has 5 rings (SSSR count). The van der Waals surface area contributed by atoms with Crippen molar-refractivity contribution in [2.45, 2.75) is 26.5 Å². The molecule has 254 valence electrons. The summed E-state index contributed by atoms with van der Waals surface area (Å²) in [6, 6.07) is 21.5. The smallest absolute Gasteiger partial charge is 0.338 e. The van der Waals surface area contributed by atoms with Crippen LogP contribution in [-0.4, -0.2) is 51.6 Å². The highest BCUT2D eigenvalue weighted by atomic mass is 79.9. The quantitative estimate of drug-likeness (QED) is 0.0874. The van der Waals surface area contributed by atoms with E-state index in [0.29, 0.717) is 45.2 Å². The molecule has 0 aromatic heterocycles. The number of benzene rings is 4. The summed E-state index contributed by atoms with van der Waals surface area (Å²) >= 11 is 3.54. The Kier molecular flexibility index (Phi) is 11.4. The molecule has 0 fully saturated rings. The number of hydrazone groups is 1. The van der Waals surface area contributed by atoms with Gasteiger partial charge in [-0.3, -0.25) is 4.79 Å². The number of carbonyl (C=O) groups excluding carboxylic acids is 3. The number of nitrogens with one attached hydrogen (secondary N) is 3. The van der Waals surface area contributed by atoms with Crippen molar-refractivity contribution in [1.29, 1.82) is 0 Å². The van der Waals surface area contributed by atoms with E-state index in [0.717, 1.165) is 16.3 Å². The van der Waals surface area contributed by atoms with E-state index in [1.54, 1.807) is 51.3 Å². The molecule has 1 atom stereocenters. The molecule has 0 unspecified atom stereocenters. The maximum absolute atomic E-state index is 12.7. The summed E-state index contributed by atoms with van der Waals surface area (Å²) in [6.07, 6.45) is 1.47. The van der Waals surface area contributed by atoms with Gasteiger partial charge in [0.1, 0.15) is 6.61 Å². The number of fused-ring (bicyclic) bond motifs is 1. The number of hydrogen-bond donors (Lipinski definition) is 3. The normalized spacial score (nSPS) is 14.2. The first-order valence-corrected chi connectivity index (χ1v) is 16.1. The molecule has 0 saturated heterocycles. The van der Waals surface area contributed by atoms with Crippen molar-refractivity contribution >= 4 is 50.8 Å². The molecule has 1 heterocycles. The van der Waals surface area contributed by atoms with E-state index in [1.807, 2.05) is 18.2 Å². The minimum atomic E-state index is -0.781. The van der Waals surface area contributed by atoms with Crippen LogP contribution < -0.4 is 35.0 Å². The highest BCUT2D eigenvalue weighted by molar-refractivity contribution is 9.10. The predicted octanol–water partition coefficient (Wildman–Crippen LogP) is 5.92. The van der Waals surface area contributed by atoms with Crippen LogP contribution in [-0.2, 0) is 20.9 Å². The van der Waals surface area contributed by atoms with Gasteiger partial charge in [-0.15, -0.1) is 0 Å². The summed E-state index contributed by atoms with van der Waals surface area (Å²) in [7, 11) is 2.99. The van der Waals surface area contributed by atoms with Gasteiger partial charge in [0.05, 0.1) is 38.7 Å². The van der Waals surface area contributed by atoms with Crippen molar-refractivity contribution < 1.29 is 38.1 Å². The fourth-order valence-corrected chi connectivity index (χ4v) is 5.59. The van der Waals surface area contributed by atoms with E-state index in [2.05, 4.69) is 61.4 Å². The van der Waals surface area contributed by atoms with Gasteiger partial charge in [-0.1, -0.05) is 42.5 Å². The summed E-state index contributed by atoms with van der Waals surface area (Å²) in [4.78, 5) is 37.4. The van der Waals surface area contributed by atoms with Crippen molar-refractivity contribution in [2.24, 2.45) is 5.10 Å². The SMILES string of the molecule is CCOC(=O)C1=C(C)NC(=O)N[C@@H]1c1ccc(OCC(=O)N/N=C\c2cc(OC)c(OCc3ccc4ccccc4c3)cc2Br)c(OC)c1. The number of methoxy groups -OCH3 is 2. The van der Waals surface area contributed by atoms with Crippen LogP contribution in [0, 0.1) is 0 Å². The number of carbonyl (C=O) groups is 3. The van der Waals surface area contributed by atoms with Gasteiger partial charge >= 0.3 is 12.0 Å². The number of halogens is 1. The number of hydrogen-bond acceptors (Lipinski definition) is 9. The van der Waals surface area contributed by atoms with Crippen molar-refractivity contribution in [2.75, 3.05) is 27.4 Å². The average molecular weight is 732 g/mol. The van der Waals surface area contributed by atoms with Crippen molar-refractivity contribution in [3.05, 3.63) is 105 Å². The zero-order valence-electron chi connectivity index (χ0n) is 27.3. The first-order chi connectivity index (χ1) is 23.7. The molecule has 0 bridgehead atoms. The molecular formula is C36H35BrN4O8. The van der Waals surface area contributed by atoms with Gasteiger partial charge in [-0.2, -0.15) is 5.10 Å². The lowest BCUT2D eigenvalue weighted by atomic mass is 9.95. The third-order valence-electron chi connectivity index (χ3n) is 7.53. The maximum Gasteiger partial charge on any atom is 0.338 e. The van der Waals surface area contributed by atoms with Crippen molar-refractivity contribution in [3.8, 4) is 23.0 Å². The highest BCUT2D eigenvalue weighted by Gasteiger charge is 2.32. The van der Waals surface area contributed by atoms with E-state index in [9.17, 15) is 14.4 Å². The molecule has 4 aromatic carbocycles. The third-order valence-corrected chi connectivity index (χ3v) is 8.22. The number of rotatable bonds is 13. The number of esters is 1. The van der Waals surface area contributed by atoms with Gasteiger partial charge < -0.3 is 34.3 Å². The molecule has 49 heavy (non-hydrogen) atoms. The number of nitrogens with zero attached hydrogens (tertiary/aromatic N) is 1. The molecule has 12 nitrogen and oxygen atoms in total. The molecule has 4 aromatic rings. The Hall–Kier alpha value is -5.56. The van der Waals surface area contributed by atoms with E-state index in [1.165, 1.54) is 13.3 Å². The Labute approximate surface area is 291 Å². The number of allylic oxidation sites excluding steroid dienone is 1. The topological polar surface area (TPSA) is 146 Å². The van der Waals surface area contributed by atoms with Gasteiger partial charge in [-0.25, -0.2) is 15.0 Å². The fourth-order valence-electron chi connectivity index (χ4n) is 5.17. The zero-order valence-corrected chi connectivity index (χ0v) is 28.9. The molecular weight excluding hydrogens is 696 g/mol. The Bertz CT molecular complexity index is 1940. The van der Waals surface area contributed by atoms with Crippen molar-refractivity contribution in [3.63, 3.8) is 0 Å². The van der Waals surface area contributed by atoms with E-state index >= 15 is 0 Å². The second kappa shape index (κ2) is 16.0. The van der Waals surface area contributed by atoms with Crippen LogP contribution in [0.25, 0.3) is 10.8 Å². The van der Waals surface area contributed by atoms with Gasteiger partial charge in [0, 0.05) is 15.7 Å². The largest absolute Gasteiger partial charge is 0.493 e. The van der Waals surface area contributed by atoms with E-state index in [-0.39, 0.29) is 24.5 Å². The van der Waals surface area contributed by atoms with Crippen LogP contribution in [0.5, 0.6) is 23.0 Å². The van der Waals surface area contributed by atoms with Crippen LogP contribution in [0.1, 0.15) is 36.6 Å². The Balaban J connectivity index is 1.19. The first kappa shape index (κ1) is 34.8. The molecule has 0 spiro atoms. The van der Waals surface area contributed by atoms with Gasteiger partial charge in [0.25, 0.3) is 5.91 Å².